The van der Waals surface area contributed by atoms with Crippen molar-refractivity contribution < 1.29 is 0 Å². The SMILES string of the molecule is CC(C)CCCCC[CH2][Sn][CH2]CCCCCC(C)C. The summed E-state index contributed by atoms with van der Waals surface area (Å²) >= 11 is 0.0496. The molecule has 0 saturated carbocycles. The molecule has 114 valence electrons. The Bertz CT molecular complexity index is 145. The van der Waals surface area contributed by atoms with Crippen molar-refractivity contribution in [2.45, 2.75) is 101 Å². The van der Waals surface area contributed by atoms with Crippen LogP contribution in [0.25, 0.3) is 0 Å². The molecule has 0 aliphatic rings. The molecule has 0 aliphatic carbocycles. The van der Waals surface area contributed by atoms with Gasteiger partial charge in [0.25, 0.3) is 0 Å². The molecule has 19 heavy (non-hydrogen) atoms. The molecule has 0 spiro atoms. The van der Waals surface area contributed by atoms with Gasteiger partial charge in [0, 0.05) is 0 Å². The molecule has 0 aromatic heterocycles. The van der Waals surface area contributed by atoms with E-state index in [1.54, 1.807) is 21.7 Å². The van der Waals surface area contributed by atoms with Crippen LogP contribution in [-0.2, 0) is 0 Å². The average Bonchev–Trinajstić information content (AvgIpc) is 2.34. The van der Waals surface area contributed by atoms with Gasteiger partial charge in [-0.2, -0.15) is 0 Å². The fourth-order valence-corrected chi connectivity index (χ4v) is 6.00. The Kier molecular flexibility index (Phi) is 15.8. The molecule has 0 fully saturated rings. The molecule has 0 aliphatic heterocycles. The van der Waals surface area contributed by atoms with Crippen LogP contribution >= 0.6 is 0 Å². The molecule has 0 nitrogen and oxygen atoms in total. The summed E-state index contributed by atoms with van der Waals surface area (Å²) in [6, 6.07) is 0. The van der Waals surface area contributed by atoms with E-state index in [4.69, 9.17) is 0 Å². The Morgan fingerprint density at radius 3 is 1.26 bits per heavy atom. The van der Waals surface area contributed by atoms with Gasteiger partial charge in [0.05, 0.1) is 0 Å². The van der Waals surface area contributed by atoms with Gasteiger partial charge in [-0.25, -0.2) is 0 Å². The standard InChI is InChI=1S/2C9H19.Sn/c2*1-4-5-6-7-8-9(2)3;/h2*9H,1,4-8H2,2-3H3;. The predicted molar refractivity (Wildman–Crippen MR) is 91.2 cm³/mol. The molecule has 0 N–H and O–H groups in total. The summed E-state index contributed by atoms with van der Waals surface area (Å²) < 4.78 is 3.30. The van der Waals surface area contributed by atoms with E-state index in [2.05, 4.69) is 27.7 Å². The zero-order valence-electron chi connectivity index (χ0n) is 14.1. The van der Waals surface area contributed by atoms with E-state index in [0.29, 0.717) is 0 Å². The number of unbranched alkanes of at least 4 members (excludes halogenated alkanes) is 6. The summed E-state index contributed by atoms with van der Waals surface area (Å²) in [6.45, 7) is 9.37. The molecule has 0 aromatic rings. The van der Waals surface area contributed by atoms with E-state index < -0.39 is 0 Å². The average molecular weight is 373 g/mol. The Morgan fingerprint density at radius 1 is 0.526 bits per heavy atom. The zero-order valence-corrected chi connectivity index (χ0v) is 17.0. The van der Waals surface area contributed by atoms with Gasteiger partial charge in [0.15, 0.2) is 0 Å². The molecule has 1 heteroatoms. The number of hydrogen-bond donors (Lipinski definition) is 0. The fourth-order valence-electron chi connectivity index (χ4n) is 2.44. The predicted octanol–water partition coefficient (Wildman–Crippen LogP) is 6.74. The van der Waals surface area contributed by atoms with Crippen molar-refractivity contribution >= 4 is 21.1 Å². The van der Waals surface area contributed by atoms with Gasteiger partial charge >= 0.3 is 134 Å². The zero-order chi connectivity index (χ0) is 14.3. The van der Waals surface area contributed by atoms with Gasteiger partial charge < -0.3 is 0 Å². The molecule has 2 radical (unpaired) electrons. The number of rotatable bonds is 14. The second-order valence-corrected chi connectivity index (χ2v) is 11.2. The maximum absolute atomic E-state index is 2.34. The van der Waals surface area contributed by atoms with E-state index in [9.17, 15) is 0 Å². The van der Waals surface area contributed by atoms with Gasteiger partial charge in [-0.05, 0) is 0 Å². The van der Waals surface area contributed by atoms with E-state index in [0.717, 1.165) is 11.8 Å². The molecule has 0 bridgehead atoms. The minimum absolute atomic E-state index is 0.0496. The third-order valence-electron chi connectivity index (χ3n) is 3.77. The van der Waals surface area contributed by atoms with Crippen molar-refractivity contribution in [3.8, 4) is 0 Å². The van der Waals surface area contributed by atoms with Gasteiger partial charge in [-0.1, -0.05) is 0 Å². The van der Waals surface area contributed by atoms with Gasteiger partial charge in [-0.3, -0.25) is 0 Å². The van der Waals surface area contributed by atoms with Crippen molar-refractivity contribution in [1.82, 2.24) is 0 Å². The summed E-state index contributed by atoms with van der Waals surface area (Å²) in [4.78, 5) is 0. The molecular formula is C18H38Sn. The molecule has 0 rings (SSSR count). The van der Waals surface area contributed by atoms with Gasteiger partial charge in [0.1, 0.15) is 0 Å². The fraction of sp³-hybridized carbons (Fsp3) is 1.00. The molecule has 0 saturated heterocycles. The summed E-state index contributed by atoms with van der Waals surface area (Å²) in [5.41, 5.74) is 0. The van der Waals surface area contributed by atoms with Crippen molar-refractivity contribution in [2.24, 2.45) is 11.8 Å². The monoisotopic (exact) mass is 374 g/mol. The summed E-state index contributed by atoms with van der Waals surface area (Å²) in [7, 11) is 0. The van der Waals surface area contributed by atoms with Crippen LogP contribution < -0.4 is 0 Å². The summed E-state index contributed by atoms with van der Waals surface area (Å²) in [5, 5.41) is 0. The Labute approximate surface area is 133 Å². The van der Waals surface area contributed by atoms with Crippen LogP contribution in [0.1, 0.15) is 91.9 Å². The third kappa shape index (κ3) is 18.8. The second kappa shape index (κ2) is 15.2. The van der Waals surface area contributed by atoms with E-state index in [1.165, 1.54) is 51.4 Å². The molecule has 0 amide bonds. The summed E-state index contributed by atoms with van der Waals surface area (Å²) in [5.74, 6) is 1.82. The van der Waals surface area contributed by atoms with Crippen LogP contribution in [0.2, 0.25) is 8.87 Å². The molecule has 0 heterocycles. The molecule has 0 atom stereocenters. The normalized spacial score (nSPS) is 11.7. The summed E-state index contributed by atoms with van der Waals surface area (Å²) in [6.07, 6.45) is 14.9. The Balaban J connectivity index is 2.95. The van der Waals surface area contributed by atoms with Crippen molar-refractivity contribution in [3.63, 3.8) is 0 Å². The van der Waals surface area contributed by atoms with E-state index in [1.807, 2.05) is 0 Å². The first kappa shape index (κ1) is 19.8. The van der Waals surface area contributed by atoms with E-state index >= 15 is 0 Å². The van der Waals surface area contributed by atoms with Crippen molar-refractivity contribution in [1.29, 1.82) is 0 Å². The first-order valence-electron chi connectivity index (χ1n) is 8.83. The second-order valence-electron chi connectivity index (χ2n) is 6.94. The van der Waals surface area contributed by atoms with Crippen LogP contribution in [0.5, 0.6) is 0 Å². The topological polar surface area (TPSA) is 0 Å². The van der Waals surface area contributed by atoms with Crippen molar-refractivity contribution in [2.75, 3.05) is 0 Å². The molecule has 0 unspecified atom stereocenters. The van der Waals surface area contributed by atoms with Gasteiger partial charge in [0.2, 0.25) is 0 Å². The quantitative estimate of drug-likeness (QED) is 0.234. The van der Waals surface area contributed by atoms with Crippen LogP contribution in [0.15, 0.2) is 0 Å². The first-order chi connectivity index (χ1) is 9.13. The van der Waals surface area contributed by atoms with Crippen LogP contribution in [0.4, 0.5) is 0 Å². The van der Waals surface area contributed by atoms with Crippen molar-refractivity contribution in [3.05, 3.63) is 0 Å². The van der Waals surface area contributed by atoms with Gasteiger partial charge in [-0.15, -0.1) is 0 Å². The molecular weight excluding hydrogens is 335 g/mol. The third-order valence-corrected chi connectivity index (χ3v) is 7.81. The van der Waals surface area contributed by atoms with Crippen LogP contribution in [0.3, 0.4) is 0 Å². The Hall–Kier alpha value is 0.799. The van der Waals surface area contributed by atoms with E-state index in [-0.39, 0.29) is 21.1 Å². The first-order valence-corrected chi connectivity index (χ1v) is 12.9. The Morgan fingerprint density at radius 2 is 0.895 bits per heavy atom. The minimum atomic E-state index is 0.0496. The maximum atomic E-state index is 2.34. The molecule has 0 aromatic carbocycles. The van der Waals surface area contributed by atoms with Crippen LogP contribution in [-0.4, -0.2) is 21.1 Å². The number of hydrogen-bond acceptors (Lipinski definition) is 0. The van der Waals surface area contributed by atoms with Crippen LogP contribution in [0, 0.1) is 11.8 Å².